The Morgan fingerprint density at radius 1 is 1.19 bits per heavy atom. The number of nitrogens with two attached hydrogens (primary N) is 1. The number of anilines is 1. The quantitative estimate of drug-likeness (QED) is 0.174. The van der Waals surface area contributed by atoms with Crippen molar-refractivity contribution in [3.63, 3.8) is 0 Å². The first-order valence-corrected chi connectivity index (χ1v) is 12.1. The van der Waals surface area contributed by atoms with Crippen LogP contribution in [-0.4, -0.2) is 57.8 Å². The second-order valence-electron chi connectivity index (χ2n) is 6.38. The highest BCUT2D eigenvalue weighted by atomic mass is 127. The number of nitrogen functional groups attached to an aromatic ring is 1. The van der Waals surface area contributed by atoms with Gasteiger partial charge in [-0.1, -0.05) is 13.3 Å². The van der Waals surface area contributed by atoms with Crippen LogP contribution in [0.3, 0.4) is 0 Å². The molecule has 1 aromatic rings. The predicted molar refractivity (Wildman–Crippen MR) is 131 cm³/mol. The molecule has 0 radical (unpaired) electrons. The van der Waals surface area contributed by atoms with Crippen LogP contribution in [0.5, 0.6) is 0 Å². The largest absolute Gasteiger partial charge is 0.397 e. The molecular formula is C18H27I3N2O3. The van der Waals surface area contributed by atoms with Gasteiger partial charge in [0.1, 0.15) is 6.79 Å². The Kier molecular flexibility index (Phi) is 11.3. The second-order valence-corrected chi connectivity index (χ2v) is 9.78. The van der Waals surface area contributed by atoms with Gasteiger partial charge in [0.05, 0.1) is 32.1 Å². The fraction of sp³-hybridized carbons (Fsp3) is 0.667. The Bertz CT molecular complexity index is 569. The van der Waals surface area contributed by atoms with Crippen LogP contribution >= 0.6 is 67.8 Å². The first kappa shape index (κ1) is 23.3. The molecule has 1 fully saturated rings. The highest BCUT2D eigenvalue weighted by Gasteiger charge is 2.16. The van der Waals surface area contributed by atoms with Crippen LogP contribution in [0.1, 0.15) is 18.9 Å². The van der Waals surface area contributed by atoms with Crippen LogP contribution in [0.4, 0.5) is 5.69 Å². The minimum Gasteiger partial charge on any atom is -0.397 e. The van der Waals surface area contributed by atoms with E-state index in [1.54, 1.807) is 0 Å². The van der Waals surface area contributed by atoms with Crippen molar-refractivity contribution in [2.75, 3.05) is 58.6 Å². The van der Waals surface area contributed by atoms with Crippen molar-refractivity contribution in [1.29, 1.82) is 0 Å². The third-order valence-corrected chi connectivity index (χ3v) is 7.63. The zero-order valence-corrected chi connectivity index (χ0v) is 21.6. The molecule has 0 aromatic heterocycles. The number of halogens is 3. The standard InChI is InChI=1S/C18H27I3N2O3/c1-2-13(9-14-15(19)10-16(20)18(22)17(14)21)11-26-12-25-8-5-23-3-6-24-7-4-23/h10,13H,2-9,11-12,22H2,1H3. The molecule has 1 saturated heterocycles. The van der Waals surface area contributed by atoms with Crippen LogP contribution in [0, 0.1) is 16.6 Å². The van der Waals surface area contributed by atoms with Gasteiger partial charge in [-0.25, -0.2) is 0 Å². The minimum atomic E-state index is 0.365. The fourth-order valence-corrected chi connectivity index (χ4v) is 6.61. The average Bonchev–Trinajstić information content (AvgIpc) is 2.65. The molecule has 8 heteroatoms. The van der Waals surface area contributed by atoms with Crippen molar-refractivity contribution >= 4 is 73.5 Å². The van der Waals surface area contributed by atoms with Crippen molar-refractivity contribution in [3.05, 3.63) is 22.3 Å². The lowest BCUT2D eigenvalue weighted by molar-refractivity contribution is -0.0728. The van der Waals surface area contributed by atoms with Gasteiger partial charge in [0, 0.05) is 30.3 Å². The fourth-order valence-electron chi connectivity index (χ4n) is 2.80. The SMILES string of the molecule is CCC(COCOCCN1CCOCC1)Cc1c(I)cc(I)c(N)c1I. The first-order valence-electron chi connectivity index (χ1n) is 8.90. The van der Waals surface area contributed by atoms with Gasteiger partial charge in [0.2, 0.25) is 0 Å². The Morgan fingerprint density at radius 2 is 1.92 bits per heavy atom. The molecule has 1 unspecified atom stereocenters. The van der Waals surface area contributed by atoms with Crippen LogP contribution in [0.15, 0.2) is 6.07 Å². The van der Waals surface area contributed by atoms with Crippen molar-refractivity contribution in [2.24, 2.45) is 5.92 Å². The maximum Gasteiger partial charge on any atom is 0.146 e. The number of rotatable bonds is 10. The summed E-state index contributed by atoms with van der Waals surface area (Å²) in [6, 6.07) is 2.16. The van der Waals surface area contributed by atoms with E-state index < -0.39 is 0 Å². The average molecular weight is 700 g/mol. The van der Waals surface area contributed by atoms with Crippen molar-refractivity contribution < 1.29 is 14.2 Å². The number of hydrogen-bond acceptors (Lipinski definition) is 5. The van der Waals surface area contributed by atoms with Crippen LogP contribution in [0.25, 0.3) is 0 Å². The van der Waals surface area contributed by atoms with Crippen molar-refractivity contribution in [3.8, 4) is 0 Å². The number of benzene rings is 1. The molecule has 1 aliphatic rings. The molecule has 0 saturated carbocycles. The van der Waals surface area contributed by atoms with E-state index in [1.165, 1.54) is 12.7 Å². The Morgan fingerprint density at radius 3 is 2.62 bits per heavy atom. The molecule has 1 aromatic carbocycles. The smallest absolute Gasteiger partial charge is 0.146 e. The van der Waals surface area contributed by atoms with E-state index >= 15 is 0 Å². The molecule has 0 aliphatic carbocycles. The van der Waals surface area contributed by atoms with Crippen molar-refractivity contribution in [1.82, 2.24) is 4.90 Å². The summed E-state index contributed by atoms with van der Waals surface area (Å²) in [4.78, 5) is 2.36. The third kappa shape index (κ3) is 7.47. The number of morpholine rings is 1. The van der Waals surface area contributed by atoms with E-state index in [0.29, 0.717) is 25.9 Å². The maximum absolute atomic E-state index is 6.20. The first-order chi connectivity index (χ1) is 12.5. The molecule has 1 atom stereocenters. The maximum atomic E-state index is 6.20. The summed E-state index contributed by atoms with van der Waals surface area (Å²) in [6.07, 6.45) is 2.06. The number of hydrogen-bond donors (Lipinski definition) is 1. The lowest BCUT2D eigenvalue weighted by atomic mass is 9.97. The Balaban J connectivity index is 1.70. The van der Waals surface area contributed by atoms with Gasteiger partial charge in [-0.3, -0.25) is 4.90 Å². The Labute approximate surface area is 197 Å². The van der Waals surface area contributed by atoms with Gasteiger partial charge in [0.25, 0.3) is 0 Å². The molecule has 0 amide bonds. The molecule has 1 aliphatic heterocycles. The van der Waals surface area contributed by atoms with Gasteiger partial charge in [-0.2, -0.15) is 0 Å². The van der Waals surface area contributed by atoms with Gasteiger partial charge in [0.15, 0.2) is 0 Å². The summed E-state index contributed by atoms with van der Waals surface area (Å²) in [6.45, 7) is 8.60. The van der Waals surface area contributed by atoms with E-state index in [1.807, 2.05) is 0 Å². The topological polar surface area (TPSA) is 57.0 Å². The summed E-state index contributed by atoms with van der Waals surface area (Å²) in [7, 11) is 0. The molecular weight excluding hydrogens is 673 g/mol. The van der Waals surface area contributed by atoms with Gasteiger partial charge >= 0.3 is 0 Å². The van der Waals surface area contributed by atoms with Crippen LogP contribution < -0.4 is 5.73 Å². The van der Waals surface area contributed by atoms with Gasteiger partial charge in [-0.15, -0.1) is 0 Å². The van der Waals surface area contributed by atoms with Crippen molar-refractivity contribution in [2.45, 2.75) is 19.8 Å². The molecule has 2 rings (SSSR count). The molecule has 0 spiro atoms. The predicted octanol–water partition coefficient (Wildman–Crippen LogP) is 3.97. The summed E-state index contributed by atoms with van der Waals surface area (Å²) >= 11 is 7.08. The zero-order valence-electron chi connectivity index (χ0n) is 15.1. The van der Waals surface area contributed by atoms with Gasteiger partial charge in [-0.05, 0) is 91.7 Å². The number of nitrogens with zero attached hydrogens (tertiary/aromatic N) is 1. The molecule has 0 bridgehead atoms. The monoisotopic (exact) mass is 700 g/mol. The highest BCUT2D eigenvalue weighted by Crippen LogP contribution is 2.31. The van der Waals surface area contributed by atoms with E-state index in [2.05, 4.69) is 85.7 Å². The van der Waals surface area contributed by atoms with E-state index in [4.69, 9.17) is 19.9 Å². The normalized spacial score (nSPS) is 16.8. The minimum absolute atomic E-state index is 0.365. The molecule has 26 heavy (non-hydrogen) atoms. The molecule has 2 N–H and O–H groups in total. The van der Waals surface area contributed by atoms with E-state index in [9.17, 15) is 0 Å². The Hall–Kier alpha value is 1.05. The summed E-state index contributed by atoms with van der Waals surface area (Å²) in [5.74, 6) is 0.472. The molecule has 5 nitrogen and oxygen atoms in total. The lowest BCUT2D eigenvalue weighted by Crippen LogP contribution is -2.38. The molecule has 1 heterocycles. The summed E-state index contributed by atoms with van der Waals surface area (Å²) in [5.41, 5.74) is 8.44. The van der Waals surface area contributed by atoms with Gasteiger partial charge < -0.3 is 19.9 Å². The third-order valence-electron chi connectivity index (χ3n) is 4.55. The number of ether oxygens (including phenoxy) is 3. The molecule has 148 valence electrons. The lowest BCUT2D eigenvalue weighted by Gasteiger charge is -2.26. The van der Waals surface area contributed by atoms with E-state index in [0.717, 1.165) is 54.9 Å². The van der Waals surface area contributed by atoms with Crippen LogP contribution in [-0.2, 0) is 20.6 Å². The summed E-state index contributed by atoms with van der Waals surface area (Å²) < 4.78 is 20.3. The highest BCUT2D eigenvalue weighted by molar-refractivity contribution is 14.1. The zero-order chi connectivity index (χ0) is 18.9. The van der Waals surface area contributed by atoms with E-state index in [-0.39, 0.29) is 0 Å². The summed E-state index contributed by atoms with van der Waals surface area (Å²) in [5, 5.41) is 0. The van der Waals surface area contributed by atoms with Crippen LogP contribution in [0.2, 0.25) is 0 Å². The second kappa shape index (κ2) is 12.6.